The first-order valence-electron chi connectivity index (χ1n) is 5.36. The molecular formula is C11H19NPbS. The van der Waals surface area contributed by atoms with E-state index in [1.807, 2.05) is 12.3 Å². The Bertz CT molecular complexity index is 251. The van der Waals surface area contributed by atoms with E-state index in [4.69, 9.17) is 0 Å². The van der Waals surface area contributed by atoms with Gasteiger partial charge in [-0.1, -0.05) is 0 Å². The third-order valence-electron chi connectivity index (χ3n) is 2.89. The molecule has 0 atom stereocenters. The van der Waals surface area contributed by atoms with E-state index in [1.54, 1.807) is 0 Å². The standard InChI is InChI=1S/C5H5NS.3C2H5.Pb/c7-5-3-1-2-4-6-5;3*1-2;/h1-4H,(H,6,7);3*1H2,2H3;/q;;;;+1/p-1. The zero-order chi connectivity index (χ0) is 10.4. The van der Waals surface area contributed by atoms with Crippen LogP contribution in [0.3, 0.4) is 0 Å². The number of nitrogens with zero attached hydrogens (tertiary/aromatic N) is 1. The SMILES string of the molecule is C[CH2][Pb]([CH2]C)([CH2]C)[S]c1ccccn1. The quantitative estimate of drug-likeness (QED) is 0.683. The molecule has 0 N–H and O–H groups in total. The summed E-state index contributed by atoms with van der Waals surface area (Å²) >= 11 is -2.00. The van der Waals surface area contributed by atoms with Crippen LogP contribution in [-0.2, 0) is 0 Å². The Morgan fingerprint density at radius 2 is 1.79 bits per heavy atom. The van der Waals surface area contributed by atoms with Crippen molar-refractivity contribution in [2.24, 2.45) is 0 Å². The van der Waals surface area contributed by atoms with Crippen LogP contribution < -0.4 is 0 Å². The summed E-state index contributed by atoms with van der Waals surface area (Å²) in [6.07, 6.45) is 1.90. The van der Waals surface area contributed by atoms with Crippen LogP contribution >= 0.6 is 8.31 Å². The van der Waals surface area contributed by atoms with Gasteiger partial charge in [0, 0.05) is 0 Å². The molecule has 0 fully saturated rings. The van der Waals surface area contributed by atoms with Crippen molar-refractivity contribution in [3.05, 3.63) is 24.4 Å². The fraction of sp³-hybridized carbons (Fsp3) is 0.545. The zero-order valence-corrected chi connectivity index (χ0v) is 14.0. The first-order valence-corrected chi connectivity index (χ1v) is 19.2. The third-order valence-corrected chi connectivity index (χ3v) is 33.9. The van der Waals surface area contributed by atoms with Crippen molar-refractivity contribution in [3.63, 3.8) is 0 Å². The molecule has 14 heavy (non-hydrogen) atoms. The molecular weight excluding hydrogens is 385 g/mol. The predicted octanol–water partition coefficient (Wildman–Crippen LogP) is 4.18. The Hall–Kier alpha value is 0.422. The maximum absolute atomic E-state index is 4.43. The van der Waals surface area contributed by atoms with Gasteiger partial charge in [-0.3, -0.25) is 0 Å². The molecule has 1 nitrogen and oxygen atoms in total. The number of aromatic nitrogens is 1. The van der Waals surface area contributed by atoms with Gasteiger partial charge in [-0.2, -0.15) is 0 Å². The summed E-state index contributed by atoms with van der Waals surface area (Å²) in [5.74, 6) is 0. The molecule has 0 saturated heterocycles. The van der Waals surface area contributed by atoms with E-state index in [-0.39, 0.29) is 0 Å². The third kappa shape index (κ3) is 3.22. The molecule has 0 radical (unpaired) electrons. The molecule has 0 aromatic carbocycles. The summed E-state index contributed by atoms with van der Waals surface area (Å²) in [6, 6.07) is 6.24. The summed E-state index contributed by atoms with van der Waals surface area (Å²) in [5.41, 5.74) is 0. The molecule has 0 saturated carbocycles. The predicted molar refractivity (Wildman–Crippen MR) is 67.3 cm³/mol. The van der Waals surface area contributed by atoms with Crippen LogP contribution in [0.2, 0.25) is 11.9 Å². The molecule has 1 heterocycles. The number of hydrogen-bond acceptors (Lipinski definition) is 2. The Kier molecular flexibility index (Phi) is 5.45. The van der Waals surface area contributed by atoms with Crippen molar-refractivity contribution in [1.82, 2.24) is 4.98 Å². The van der Waals surface area contributed by atoms with E-state index in [0.29, 0.717) is 0 Å². The van der Waals surface area contributed by atoms with Gasteiger partial charge in [0.1, 0.15) is 0 Å². The van der Waals surface area contributed by atoms with Crippen molar-refractivity contribution in [1.29, 1.82) is 0 Å². The monoisotopic (exact) mass is 405 g/mol. The second kappa shape index (κ2) is 6.10. The van der Waals surface area contributed by atoms with E-state index in [9.17, 15) is 0 Å². The van der Waals surface area contributed by atoms with Gasteiger partial charge in [0.2, 0.25) is 0 Å². The number of hydrogen-bond donors (Lipinski definition) is 0. The van der Waals surface area contributed by atoms with Crippen LogP contribution in [0.4, 0.5) is 0 Å². The molecule has 0 amide bonds. The second-order valence-electron chi connectivity index (χ2n) is 3.51. The van der Waals surface area contributed by atoms with Gasteiger partial charge in [0.05, 0.1) is 0 Å². The van der Waals surface area contributed by atoms with E-state index < -0.39 is 19.7 Å². The van der Waals surface area contributed by atoms with Gasteiger partial charge in [0.25, 0.3) is 0 Å². The Morgan fingerprint density at radius 1 is 1.14 bits per heavy atom. The van der Waals surface area contributed by atoms with Gasteiger partial charge < -0.3 is 0 Å². The van der Waals surface area contributed by atoms with E-state index in [0.717, 1.165) is 0 Å². The molecule has 1 aromatic rings. The van der Waals surface area contributed by atoms with Crippen molar-refractivity contribution in [3.8, 4) is 0 Å². The first kappa shape index (κ1) is 12.5. The van der Waals surface area contributed by atoms with E-state index in [2.05, 4.69) is 46.2 Å². The Balaban J connectivity index is 2.74. The first-order chi connectivity index (χ1) is 6.76. The molecule has 78 valence electrons. The summed E-state index contributed by atoms with van der Waals surface area (Å²) < 4.78 is 4.30. The molecule has 0 aliphatic rings. The van der Waals surface area contributed by atoms with Crippen molar-refractivity contribution >= 4 is 28.0 Å². The normalized spacial score (nSPS) is 11.6. The molecule has 0 spiro atoms. The van der Waals surface area contributed by atoms with Crippen LogP contribution in [0.15, 0.2) is 29.4 Å². The fourth-order valence-corrected chi connectivity index (χ4v) is 20.2. The Labute approximate surface area is 94.5 Å². The van der Waals surface area contributed by atoms with Gasteiger partial charge in [0.15, 0.2) is 0 Å². The molecule has 0 unspecified atom stereocenters. The summed E-state index contributed by atoms with van der Waals surface area (Å²) in [5, 5.41) is 1.25. The Morgan fingerprint density at radius 3 is 2.21 bits per heavy atom. The van der Waals surface area contributed by atoms with E-state index >= 15 is 0 Å². The molecule has 0 aliphatic carbocycles. The molecule has 0 aliphatic heterocycles. The zero-order valence-electron chi connectivity index (χ0n) is 9.29. The fourth-order valence-electron chi connectivity index (χ4n) is 1.60. The molecule has 3 heteroatoms. The summed E-state index contributed by atoms with van der Waals surface area (Å²) in [7, 11) is 2.15. The summed E-state index contributed by atoms with van der Waals surface area (Å²) in [4.78, 5) is 4.43. The van der Waals surface area contributed by atoms with Crippen LogP contribution in [0.5, 0.6) is 0 Å². The van der Waals surface area contributed by atoms with Crippen molar-refractivity contribution < 1.29 is 0 Å². The minimum absolute atomic E-state index is 1.25. The molecule has 1 aromatic heterocycles. The van der Waals surface area contributed by atoms with Crippen molar-refractivity contribution in [2.45, 2.75) is 37.7 Å². The van der Waals surface area contributed by atoms with Crippen LogP contribution in [-0.4, -0.2) is 24.7 Å². The molecule has 0 bridgehead atoms. The van der Waals surface area contributed by atoms with Crippen LogP contribution in [0, 0.1) is 0 Å². The summed E-state index contributed by atoms with van der Waals surface area (Å²) in [6.45, 7) is 7.10. The van der Waals surface area contributed by atoms with Gasteiger partial charge in [-0.25, -0.2) is 0 Å². The van der Waals surface area contributed by atoms with Crippen LogP contribution in [0.1, 0.15) is 20.8 Å². The maximum atomic E-state index is 4.43. The minimum atomic E-state index is -2.00. The topological polar surface area (TPSA) is 12.9 Å². The number of rotatable bonds is 5. The van der Waals surface area contributed by atoms with E-state index in [1.165, 1.54) is 17.0 Å². The average Bonchev–Trinajstić information content (AvgIpc) is 2.28. The van der Waals surface area contributed by atoms with Gasteiger partial charge >= 0.3 is 95.1 Å². The average molecular weight is 405 g/mol. The van der Waals surface area contributed by atoms with Crippen molar-refractivity contribution in [2.75, 3.05) is 0 Å². The molecule has 1 rings (SSSR count). The van der Waals surface area contributed by atoms with Gasteiger partial charge in [-0.15, -0.1) is 0 Å². The van der Waals surface area contributed by atoms with Gasteiger partial charge in [-0.05, 0) is 0 Å². The number of pyridine rings is 1. The second-order valence-corrected chi connectivity index (χ2v) is 31.6. The van der Waals surface area contributed by atoms with Crippen LogP contribution in [0.25, 0.3) is 0 Å².